The van der Waals surface area contributed by atoms with E-state index >= 15 is 0 Å². The third-order valence-corrected chi connectivity index (χ3v) is 8.53. The average Bonchev–Trinajstić information content (AvgIpc) is 2.84. The summed E-state index contributed by atoms with van der Waals surface area (Å²) in [5, 5.41) is 44.9. The molecule has 1 aliphatic heterocycles. The number of hydrogen-bond donors (Lipinski definition) is 5. The van der Waals surface area contributed by atoms with Crippen molar-refractivity contribution in [1.29, 1.82) is 0 Å². The number of ketones is 1. The summed E-state index contributed by atoms with van der Waals surface area (Å²) in [6.07, 6.45) is 3.57. The second kappa shape index (κ2) is 7.90. The van der Waals surface area contributed by atoms with Gasteiger partial charge in [0.1, 0.15) is 17.3 Å². The van der Waals surface area contributed by atoms with Gasteiger partial charge in [0.2, 0.25) is 0 Å². The first kappa shape index (κ1) is 23.7. The number of nitrogens with zero attached hydrogens (tertiary/aromatic N) is 1. The molecule has 1 saturated carbocycles. The SMILES string of the molecule is CCCc1cc(-c2ccccn2)c2c(c1O)C(O)=C1C(=O)[C@]34OC[C@]3(O)C(C(N)=O)=C(O)C[C@@H]4C[C@@H]1C2. The second-order valence-corrected chi connectivity index (χ2v) is 10.5. The molecule has 9 heteroatoms. The Bertz CT molecular complexity index is 1430. The topological polar surface area (TPSA) is 163 Å². The number of aliphatic hydroxyl groups excluding tert-OH is 2. The summed E-state index contributed by atoms with van der Waals surface area (Å²) in [6, 6.07) is 7.42. The smallest absolute Gasteiger partial charge is 0.251 e. The van der Waals surface area contributed by atoms with E-state index in [4.69, 9.17) is 10.5 Å². The van der Waals surface area contributed by atoms with Crippen LogP contribution in [0, 0.1) is 11.8 Å². The molecule has 2 aromatic rings. The molecule has 9 nitrogen and oxygen atoms in total. The maximum absolute atomic E-state index is 14.1. The number of carbonyl (C=O) groups is 2. The van der Waals surface area contributed by atoms with Crippen molar-refractivity contribution in [3.63, 3.8) is 0 Å². The Labute approximate surface area is 212 Å². The summed E-state index contributed by atoms with van der Waals surface area (Å²) in [6.45, 7) is 1.61. The Balaban J connectivity index is 1.57. The number of aliphatic hydroxyl groups is 3. The molecule has 6 rings (SSSR count). The van der Waals surface area contributed by atoms with E-state index in [1.165, 1.54) is 0 Å². The summed E-state index contributed by atoms with van der Waals surface area (Å²) in [4.78, 5) is 30.7. The fraction of sp³-hybridized carbons (Fsp3) is 0.393. The zero-order valence-corrected chi connectivity index (χ0v) is 20.3. The minimum absolute atomic E-state index is 0.0580. The van der Waals surface area contributed by atoms with Gasteiger partial charge in [-0.25, -0.2) is 0 Å². The molecule has 1 aromatic heterocycles. The van der Waals surface area contributed by atoms with Crippen LogP contribution in [0.4, 0.5) is 0 Å². The number of allylic oxidation sites excluding steroid dienone is 1. The largest absolute Gasteiger partial charge is 0.512 e. The third-order valence-electron chi connectivity index (χ3n) is 8.53. The van der Waals surface area contributed by atoms with Crippen molar-refractivity contribution in [2.75, 3.05) is 6.61 Å². The molecule has 4 atom stereocenters. The fourth-order valence-electron chi connectivity index (χ4n) is 6.99. The van der Waals surface area contributed by atoms with E-state index in [1.807, 2.05) is 25.1 Å². The zero-order valence-electron chi connectivity index (χ0n) is 20.3. The van der Waals surface area contributed by atoms with Gasteiger partial charge in [0.15, 0.2) is 17.0 Å². The molecule has 0 bridgehead atoms. The van der Waals surface area contributed by atoms with Gasteiger partial charge in [-0.05, 0) is 54.5 Å². The normalized spacial score (nSPS) is 30.2. The van der Waals surface area contributed by atoms with Gasteiger partial charge >= 0.3 is 0 Å². The number of pyridine rings is 1. The van der Waals surface area contributed by atoms with Crippen LogP contribution >= 0.6 is 0 Å². The van der Waals surface area contributed by atoms with Gasteiger partial charge in [-0.2, -0.15) is 0 Å². The molecule has 4 aliphatic rings. The summed E-state index contributed by atoms with van der Waals surface area (Å²) < 4.78 is 5.77. The number of ether oxygens (including phenoxy) is 1. The predicted octanol–water partition coefficient (Wildman–Crippen LogP) is 2.64. The number of carbonyl (C=O) groups excluding carboxylic acids is 2. The molecule has 1 aromatic carbocycles. The first-order valence-corrected chi connectivity index (χ1v) is 12.5. The van der Waals surface area contributed by atoms with Gasteiger partial charge in [-0.15, -0.1) is 0 Å². The van der Waals surface area contributed by atoms with Crippen molar-refractivity contribution in [3.8, 4) is 17.0 Å². The second-order valence-electron chi connectivity index (χ2n) is 10.5. The highest BCUT2D eigenvalue weighted by molar-refractivity contribution is 6.13. The fourth-order valence-corrected chi connectivity index (χ4v) is 6.99. The Hall–Kier alpha value is -3.69. The highest BCUT2D eigenvalue weighted by Gasteiger charge is 2.75. The monoisotopic (exact) mass is 504 g/mol. The van der Waals surface area contributed by atoms with Crippen LogP contribution in [-0.2, 0) is 27.2 Å². The highest BCUT2D eigenvalue weighted by atomic mass is 16.6. The lowest BCUT2D eigenvalue weighted by Crippen LogP contribution is -2.80. The molecule has 1 spiro atoms. The summed E-state index contributed by atoms with van der Waals surface area (Å²) in [7, 11) is 0. The number of phenolic OH excluding ortho intramolecular Hbond substituents is 1. The number of aromatic hydroxyl groups is 1. The number of fused-ring (bicyclic) bond motifs is 2. The van der Waals surface area contributed by atoms with Crippen molar-refractivity contribution >= 4 is 17.4 Å². The number of amides is 1. The van der Waals surface area contributed by atoms with Crippen molar-refractivity contribution in [3.05, 3.63) is 64.1 Å². The minimum Gasteiger partial charge on any atom is -0.512 e. The van der Waals surface area contributed by atoms with E-state index in [0.29, 0.717) is 36.1 Å². The number of nitrogens with two attached hydrogens (primary N) is 1. The van der Waals surface area contributed by atoms with E-state index in [1.54, 1.807) is 12.3 Å². The van der Waals surface area contributed by atoms with Crippen molar-refractivity contribution < 1.29 is 34.8 Å². The van der Waals surface area contributed by atoms with E-state index in [9.17, 15) is 30.0 Å². The van der Waals surface area contributed by atoms with Gasteiger partial charge in [0.05, 0.1) is 23.4 Å². The van der Waals surface area contributed by atoms with Crippen LogP contribution in [-0.4, -0.2) is 54.9 Å². The summed E-state index contributed by atoms with van der Waals surface area (Å²) in [5.41, 5.74) is 4.15. The number of primary amides is 1. The molecule has 2 fully saturated rings. The van der Waals surface area contributed by atoms with Crippen molar-refractivity contribution in [2.24, 2.45) is 17.6 Å². The Morgan fingerprint density at radius 1 is 1.24 bits per heavy atom. The van der Waals surface area contributed by atoms with Gasteiger partial charge < -0.3 is 30.9 Å². The van der Waals surface area contributed by atoms with E-state index < -0.39 is 40.3 Å². The first-order chi connectivity index (χ1) is 17.7. The lowest BCUT2D eigenvalue weighted by atomic mass is 9.51. The maximum Gasteiger partial charge on any atom is 0.251 e. The van der Waals surface area contributed by atoms with Crippen LogP contribution in [0.5, 0.6) is 5.75 Å². The molecule has 0 radical (unpaired) electrons. The number of aryl methyl sites for hydroxylation is 1. The zero-order chi connectivity index (χ0) is 26.3. The van der Waals surface area contributed by atoms with Crippen molar-refractivity contribution in [1.82, 2.24) is 4.98 Å². The van der Waals surface area contributed by atoms with Crippen LogP contribution in [0.3, 0.4) is 0 Å². The maximum atomic E-state index is 14.1. The molecule has 3 aliphatic carbocycles. The van der Waals surface area contributed by atoms with Crippen molar-refractivity contribution in [2.45, 2.75) is 50.2 Å². The minimum atomic E-state index is -2.09. The number of benzene rings is 1. The molecule has 2 heterocycles. The molecule has 1 saturated heterocycles. The van der Waals surface area contributed by atoms with Crippen LogP contribution in [0.2, 0.25) is 0 Å². The Morgan fingerprint density at radius 2 is 2.03 bits per heavy atom. The lowest BCUT2D eigenvalue weighted by Gasteiger charge is -2.63. The molecule has 192 valence electrons. The van der Waals surface area contributed by atoms with Gasteiger partial charge in [0, 0.05) is 29.7 Å². The van der Waals surface area contributed by atoms with Crippen LogP contribution in [0.1, 0.15) is 42.9 Å². The van der Waals surface area contributed by atoms with Crippen LogP contribution < -0.4 is 5.73 Å². The number of rotatable bonds is 4. The molecular formula is C28H28N2O7. The van der Waals surface area contributed by atoms with Gasteiger partial charge in [-0.1, -0.05) is 19.4 Å². The first-order valence-electron chi connectivity index (χ1n) is 12.5. The van der Waals surface area contributed by atoms with Gasteiger partial charge in [-0.3, -0.25) is 14.6 Å². The summed E-state index contributed by atoms with van der Waals surface area (Å²) in [5.74, 6) is -3.52. The highest BCUT2D eigenvalue weighted by Crippen LogP contribution is 2.61. The number of phenols is 1. The average molecular weight is 505 g/mol. The third kappa shape index (κ3) is 2.89. The van der Waals surface area contributed by atoms with Gasteiger partial charge in [0.25, 0.3) is 5.91 Å². The Kier molecular flexibility index (Phi) is 5.06. The molecule has 0 unspecified atom stereocenters. The number of Topliss-reactive ketones (excluding diaryl/α,β-unsaturated/α-hetero) is 1. The Morgan fingerprint density at radius 3 is 2.65 bits per heavy atom. The number of aromatic nitrogens is 1. The van der Waals surface area contributed by atoms with E-state index in [-0.39, 0.29) is 41.4 Å². The standard InChI is InChI=1S/C28H28N2O7/c1-2-5-13-9-16(18-6-3-4-7-30-18)17-10-14-8-15-11-19(31)22(26(29)35)27(36)12-37-28(15,27)25(34)20(14)24(33)21(17)23(13)32/h3-4,6-7,9,14-15,31-33,36H,2,5,8,10-12H2,1H3,(H2,29,35)/t14-,15+,27+,28+/m1/s1. The number of hydrogen-bond acceptors (Lipinski definition) is 8. The predicted molar refractivity (Wildman–Crippen MR) is 132 cm³/mol. The quantitative estimate of drug-likeness (QED) is 0.424. The van der Waals surface area contributed by atoms with E-state index in [2.05, 4.69) is 4.98 Å². The molecule has 6 N–H and O–H groups in total. The molecule has 37 heavy (non-hydrogen) atoms. The van der Waals surface area contributed by atoms with Crippen LogP contribution in [0.15, 0.2) is 47.4 Å². The lowest BCUT2D eigenvalue weighted by molar-refractivity contribution is -0.300. The molecular weight excluding hydrogens is 476 g/mol. The van der Waals surface area contributed by atoms with Crippen LogP contribution in [0.25, 0.3) is 17.0 Å². The molecule has 1 amide bonds. The van der Waals surface area contributed by atoms with E-state index in [0.717, 1.165) is 12.0 Å². The summed E-state index contributed by atoms with van der Waals surface area (Å²) >= 11 is 0.